The summed E-state index contributed by atoms with van der Waals surface area (Å²) in [5.41, 5.74) is 18.6. The van der Waals surface area contributed by atoms with E-state index in [1.165, 1.54) is 76.2 Å². The van der Waals surface area contributed by atoms with E-state index in [1.807, 2.05) is 23.9 Å². The van der Waals surface area contributed by atoms with Crippen LogP contribution in [0.2, 0.25) is 0 Å². The fourth-order valence-electron chi connectivity index (χ4n) is 11.3. The zero-order valence-corrected chi connectivity index (χ0v) is 34.2. The second kappa shape index (κ2) is 11.7. The van der Waals surface area contributed by atoms with Crippen LogP contribution in [0, 0.1) is 0 Å². The molecule has 0 N–H and O–H groups in total. The molecule has 4 nitrogen and oxygen atoms in total. The Balaban J connectivity index is 1.10. The lowest BCUT2D eigenvalue weighted by molar-refractivity contribution is 0.659. The summed E-state index contributed by atoms with van der Waals surface area (Å²) in [4.78, 5) is 13.6. The highest BCUT2D eigenvalue weighted by atomic mass is 32.2. The largest absolute Gasteiger partial charge is 0.452 e. The number of nitrogens with zero attached hydrogens (tertiary/aromatic N) is 3. The normalized spacial score (nSPS) is 14.9. The minimum atomic E-state index is -0.509. The number of furan rings is 1. The van der Waals surface area contributed by atoms with Crippen LogP contribution in [0.5, 0.6) is 0 Å². The molecule has 4 heterocycles. The van der Waals surface area contributed by atoms with E-state index in [-0.39, 0.29) is 5.41 Å². The Bertz CT molecular complexity index is 3690. The third kappa shape index (κ3) is 4.17. The van der Waals surface area contributed by atoms with Crippen molar-refractivity contribution in [3.63, 3.8) is 0 Å². The molecule has 0 saturated carbocycles. The van der Waals surface area contributed by atoms with Crippen LogP contribution in [0.1, 0.15) is 47.2 Å². The van der Waals surface area contributed by atoms with Crippen molar-refractivity contribution in [3.05, 3.63) is 209 Å². The first-order chi connectivity index (χ1) is 30.0. The summed E-state index contributed by atoms with van der Waals surface area (Å²) in [5, 5.41) is 3.32. The molecule has 0 bridgehead atoms. The Kier molecular flexibility index (Phi) is 6.47. The van der Waals surface area contributed by atoms with E-state index in [0.717, 1.165) is 38.8 Å². The number of benzene rings is 8. The maximum Gasteiger partial charge on any atom is 0.236 e. The molecule has 0 amide bonds. The molecule has 0 fully saturated rings. The zero-order valence-electron chi connectivity index (χ0n) is 33.4. The van der Waals surface area contributed by atoms with Crippen LogP contribution in [0.15, 0.2) is 190 Å². The Morgan fingerprint density at radius 2 is 1.13 bits per heavy atom. The summed E-state index contributed by atoms with van der Waals surface area (Å²) in [6.07, 6.45) is 0. The first kappa shape index (κ1) is 33.6. The molecule has 286 valence electrons. The smallest absolute Gasteiger partial charge is 0.236 e. The summed E-state index contributed by atoms with van der Waals surface area (Å²) >= 11 is 1.87. The second-order valence-corrected chi connectivity index (χ2v) is 18.3. The molecule has 3 aliphatic rings. The average Bonchev–Trinajstić information content (AvgIpc) is 4.01. The lowest BCUT2D eigenvalue weighted by Crippen LogP contribution is -2.32. The summed E-state index contributed by atoms with van der Waals surface area (Å²) in [6.45, 7) is 4.66. The van der Waals surface area contributed by atoms with Crippen molar-refractivity contribution >= 4 is 55.6 Å². The van der Waals surface area contributed by atoms with E-state index in [9.17, 15) is 0 Å². The predicted molar refractivity (Wildman–Crippen MR) is 248 cm³/mol. The van der Waals surface area contributed by atoms with Crippen LogP contribution in [0.3, 0.4) is 0 Å². The fourth-order valence-corrected chi connectivity index (χ4v) is 12.6. The van der Waals surface area contributed by atoms with Gasteiger partial charge in [0.15, 0.2) is 5.58 Å². The van der Waals surface area contributed by atoms with Gasteiger partial charge >= 0.3 is 0 Å². The van der Waals surface area contributed by atoms with Crippen molar-refractivity contribution < 1.29 is 4.42 Å². The van der Waals surface area contributed by atoms with Gasteiger partial charge in [-0.1, -0.05) is 171 Å². The SMILES string of the molecule is CC1(C)c2ccccc2-c2ccc(-c3nc(-n4c5ccccc5c5ccc6c(c54)Sc4ccccc4C64c5ccccc5-c5ccccc54)nc4c3oc3ccccc34)cc21. The Hall–Kier alpha value is -7.21. The molecular weight excluding hydrogens is 763 g/mol. The number of rotatable bonds is 2. The van der Waals surface area contributed by atoms with Gasteiger partial charge in [-0.25, -0.2) is 9.97 Å². The van der Waals surface area contributed by atoms with E-state index in [4.69, 9.17) is 14.4 Å². The van der Waals surface area contributed by atoms with Gasteiger partial charge in [-0.05, 0) is 86.0 Å². The number of aromatic nitrogens is 3. The van der Waals surface area contributed by atoms with Crippen LogP contribution in [-0.2, 0) is 10.8 Å². The molecule has 11 aromatic rings. The highest BCUT2D eigenvalue weighted by molar-refractivity contribution is 7.99. The number of fused-ring (bicyclic) bond motifs is 19. The molecule has 8 aromatic carbocycles. The zero-order chi connectivity index (χ0) is 40.2. The van der Waals surface area contributed by atoms with Gasteiger partial charge < -0.3 is 4.42 Å². The van der Waals surface area contributed by atoms with Gasteiger partial charge in [-0.2, -0.15) is 0 Å². The summed E-state index contributed by atoms with van der Waals surface area (Å²) in [5.74, 6) is 0.623. The summed E-state index contributed by atoms with van der Waals surface area (Å²) in [6, 6.07) is 64.4. The number of hydrogen-bond acceptors (Lipinski definition) is 4. The molecule has 0 atom stereocenters. The minimum Gasteiger partial charge on any atom is -0.452 e. The molecule has 1 spiro atoms. The average molecular weight is 798 g/mol. The monoisotopic (exact) mass is 797 g/mol. The molecule has 0 unspecified atom stereocenters. The summed E-state index contributed by atoms with van der Waals surface area (Å²) in [7, 11) is 0. The van der Waals surface area contributed by atoms with Crippen LogP contribution in [0.25, 0.3) is 83.3 Å². The van der Waals surface area contributed by atoms with E-state index >= 15 is 0 Å². The minimum absolute atomic E-state index is 0.169. The summed E-state index contributed by atoms with van der Waals surface area (Å²) < 4.78 is 9.08. The standard InChI is InChI=1S/C56H35N3OS/c1-55(2)40-20-8-3-15-33(40)36-28-27-32(31-45(36)55)49-52-50(39-19-7-13-25-47(39)60-52)58-54(57-49)59-46-24-12-6-18-37(46)38-29-30-44-53(51(38)59)61-48-26-14-11-23-43(48)56(44)41-21-9-4-16-34(41)35-17-5-10-22-42(35)56/h3-31H,1-2H3. The molecule has 1 aliphatic heterocycles. The molecule has 5 heteroatoms. The predicted octanol–water partition coefficient (Wildman–Crippen LogP) is 14.3. The second-order valence-electron chi connectivity index (χ2n) is 17.2. The molecule has 0 radical (unpaired) electrons. The Labute approximate surface area is 356 Å². The van der Waals surface area contributed by atoms with Gasteiger partial charge in [-0.15, -0.1) is 0 Å². The van der Waals surface area contributed by atoms with Gasteiger partial charge in [0.2, 0.25) is 5.95 Å². The molecular formula is C56H35N3OS. The van der Waals surface area contributed by atoms with Crippen LogP contribution in [0.4, 0.5) is 0 Å². The highest BCUT2D eigenvalue weighted by Gasteiger charge is 2.50. The fraction of sp³-hybridized carbons (Fsp3) is 0.0714. The first-order valence-electron chi connectivity index (χ1n) is 21.0. The van der Waals surface area contributed by atoms with Crippen molar-refractivity contribution in [1.29, 1.82) is 0 Å². The first-order valence-corrected chi connectivity index (χ1v) is 21.8. The quantitative estimate of drug-likeness (QED) is 0.175. The lowest BCUT2D eigenvalue weighted by atomic mass is 9.67. The third-order valence-electron chi connectivity index (χ3n) is 13.9. The van der Waals surface area contributed by atoms with Crippen molar-refractivity contribution in [1.82, 2.24) is 14.5 Å². The van der Waals surface area contributed by atoms with Crippen molar-refractivity contribution in [2.75, 3.05) is 0 Å². The molecule has 61 heavy (non-hydrogen) atoms. The van der Waals surface area contributed by atoms with Crippen molar-refractivity contribution in [2.24, 2.45) is 0 Å². The van der Waals surface area contributed by atoms with Gasteiger partial charge in [0.1, 0.15) is 16.8 Å². The van der Waals surface area contributed by atoms with Gasteiger partial charge in [0.25, 0.3) is 0 Å². The van der Waals surface area contributed by atoms with Gasteiger partial charge in [0, 0.05) is 36.9 Å². The topological polar surface area (TPSA) is 43.9 Å². The molecule has 0 saturated heterocycles. The van der Waals surface area contributed by atoms with Crippen LogP contribution < -0.4 is 0 Å². The van der Waals surface area contributed by atoms with E-state index in [1.54, 1.807) is 0 Å². The molecule has 2 aliphatic carbocycles. The van der Waals surface area contributed by atoms with Crippen molar-refractivity contribution in [3.8, 4) is 39.5 Å². The van der Waals surface area contributed by atoms with Crippen LogP contribution in [-0.4, -0.2) is 14.5 Å². The maximum atomic E-state index is 6.74. The highest BCUT2D eigenvalue weighted by Crippen LogP contribution is 2.63. The van der Waals surface area contributed by atoms with Gasteiger partial charge in [-0.3, -0.25) is 4.57 Å². The van der Waals surface area contributed by atoms with Crippen molar-refractivity contribution in [2.45, 2.75) is 34.5 Å². The number of para-hydroxylation sites is 2. The van der Waals surface area contributed by atoms with E-state index in [0.29, 0.717) is 11.5 Å². The number of hydrogen-bond donors (Lipinski definition) is 0. The Morgan fingerprint density at radius 1 is 0.508 bits per heavy atom. The van der Waals surface area contributed by atoms with Crippen LogP contribution >= 0.6 is 11.8 Å². The third-order valence-corrected chi connectivity index (χ3v) is 15.1. The lowest BCUT2D eigenvalue weighted by Gasteiger charge is -2.40. The van der Waals surface area contributed by atoms with E-state index in [2.05, 4.69) is 182 Å². The maximum absolute atomic E-state index is 6.74. The Morgan fingerprint density at radius 3 is 1.92 bits per heavy atom. The molecule has 3 aromatic heterocycles. The molecule has 14 rings (SSSR count). The van der Waals surface area contributed by atoms with Gasteiger partial charge in [0.05, 0.1) is 16.4 Å². The van der Waals surface area contributed by atoms with E-state index < -0.39 is 5.41 Å².